The minimum atomic E-state index is -1.44. The van der Waals surface area contributed by atoms with E-state index >= 15 is 0 Å². The number of phenols is 1. The van der Waals surface area contributed by atoms with Crippen LogP contribution in [-0.2, 0) is 65.6 Å². The van der Waals surface area contributed by atoms with Crippen molar-refractivity contribution >= 4 is 82.9 Å². The minimum absolute atomic E-state index is 0.000889. The van der Waals surface area contributed by atoms with Crippen molar-refractivity contribution in [3.05, 3.63) is 65.7 Å². The molecule has 34 heteroatoms. The number of primary amides is 1. The maximum atomic E-state index is 14.9. The molecule has 0 saturated carbocycles. The number of aliphatic imine (C=N–C) groups is 3. The van der Waals surface area contributed by atoms with Crippen LogP contribution in [0.1, 0.15) is 143 Å². The van der Waals surface area contributed by atoms with Gasteiger partial charge in [0.15, 0.2) is 17.9 Å². The SMILES string of the molecule is CC[C@H](C)[C@H](NC(=O)[C@H](CCCN=C(N)N)NC(=O)[C@H](CCCN=C(N)N)NC(=O)[C@H](CC(C)C)NC(=O)[C@H](Cc1ccccc1)NC(=O)[C@H](NC(=O)CNC(=O)[C@@H](N)Cc1ccc(O)cc1)[C@@H](C)CC)C(=O)N[C@@H](CCCN=C(N)N)C(=O)N1CCC[C@H]1C(=O)N[C@@H](CCCCN)C(N)=O. The van der Waals surface area contributed by atoms with Crippen LogP contribution in [0.4, 0.5) is 0 Å². The standard InChI is InChI=1S/C67H112N22O12/c1-7-39(5)53(87-52(91)37-80-56(93)44(69)35-42-25-27-43(90)28-26-42)62(99)86-50(36-41-18-10-9-11-19-41)60(97)85-49(34-38(3)4)59(96)83-46(21-14-30-77-65(71)72)57(94)82-47(22-15-31-78-66(73)74)58(95)88-54(40(6)8-2)63(100)84-48(23-16-32-79-67(75)76)64(101)89-33-17-24-51(89)61(98)81-45(55(70)92)20-12-13-29-68/h9-11,18-19,25-28,38-40,44-51,53-54,90H,7-8,12-17,20-24,29-37,68-69H2,1-6H3,(H2,70,92)(H,80,93)(H,81,98)(H,82,94)(H,83,96)(H,84,100)(H,85,97)(H,86,99)(H,87,91)(H,88,95)(H4,71,72,77)(H4,73,74,78)(H4,75,76,79)/t39-,40-,44-,45-,46-,47-,48-,49-,50-,51-,53+,54-/m0/s1. The average molecular weight is 1420 g/mol. The van der Waals surface area contributed by atoms with Crippen LogP contribution in [0, 0.1) is 17.8 Å². The molecule has 1 saturated heterocycles. The van der Waals surface area contributed by atoms with Crippen LogP contribution in [0.3, 0.4) is 0 Å². The fraction of sp³-hybridized carbons (Fsp3) is 0.612. The number of rotatable bonds is 46. The van der Waals surface area contributed by atoms with Gasteiger partial charge in [-0.2, -0.15) is 0 Å². The molecule has 0 unspecified atom stereocenters. The van der Waals surface area contributed by atoms with Crippen molar-refractivity contribution in [3.63, 3.8) is 0 Å². The van der Waals surface area contributed by atoms with Crippen LogP contribution in [0.5, 0.6) is 5.75 Å². The summed E-state index contributed by atoms with van der Waals surface area (Å²) in [6, 6.07) is 2.30. The van der Waals surface area contributed by atoms with Crippen molar-refractivity contribution in [1.29, 1.82) is 0 Å². The highest BCUT2D eigenvalue weighted by atomic mass is 16.3. The maximum absolute atomic E-state index is 14.9. The molecule has 1 heterocycles. The third kappa shape index (κ3) is 31.5. The number of nitrogens with zero attached hydrogens (tertiary/aromatic N) is 4. The second-order valence-corrected chi connectivity index (χ2v) is 25.9. The number of nitrogens with two attached hydrogens (primary N) is 9. The molecule has 0 aromatic heterocycles. The van der Waals surface area contributed by atoms with E-state index in [0.717, 1.165) is 0 Å². The fourth-order valence-corrected chi connectivity index (χ4v) is 11.1. The van der Waals surface area contributed by atoms with Crippen molar-refractivity contribution in [3.8, 4) is 5.75 Å². The monoisotopic (exact) mass is 1420 g/mol. The van der Waals surface area contributed by atoms with Gasteiger partial charge < -0.3 is 109 Å². The second kappa shape index (κ2) is 45.0. The third-order valence-corrected chi connectivity index (χ3v) is 17.2. The van der Waals surface area contributed by atoms with Gasteiger partial charge in [0.25, 0.3) is 0 Å². The molecular weight excluding hydrogens is 1300 g/mol. The summed E-state index contributed by atoms with van der Waals surface area (Å²) in [7, 11) is 0. The van der Waals surface area contributed by atoms with E-state index in [9.17, 15) is 57.8 Å². The first-order valence-electron chi connectivity index (χ1n) is 34.6. The van der Waals surface area contributed by atoms with E-state index in [4.69, 9.17) is 51.6 Å². The van der Waals surface area contributed by atoms with E-state index in [1.165, 1.54) is 17.0 Å². The number of benzene rings is 2. The highest BCUT2D eigenvalue weighted by molar-refractivity contribution is 5.99. The molecule has 0 spiro atoms. The number of guanidine groups is 3. The van der Waals surface area contributed by atoms with Crippen LogP contribution in [0.2, 0.25) is 0 Å². The van der Waals surface area contributed by atoms with Crippen molar-refractivity contribution in [2.45, 2.75) is 205 Å². The molecule has 101 heavy (non-hydrogen) atoms. The number of carbonyl (C=O) groups is 11. The molecular formula is C67H112N22O12. The minimum Gasteiger partial charge on any atom is -0.508 e. The van der Waals surface area contributed by atoms with E-state index in [0.29, 0.717) is 49.8 Å². The summed E-state index contributed by atoms with van der Waals surface area (Å²) >= 11 is 0. The van der Waals surface area contributed by atoms with Crippen molar-refractivity contribution in [1.82, 2.24) is 52.8 Å². The van der Waals surface area contributed by atoms with E-state index < -0.39 is 144 Å². The number of carbonyl (C=O) groups excluding carboxylic acids is 11. The van der Waals surface area contributed by atoms with Crippen molar-refractivity contribution < 1.29 is 57.8 Å². The van der Waals surface area contributed by atoms with Crippen LogP contribution in [0.15, 0.2) is 69.6 Å². The maximum Gasteiger partial charge on any atom is 0.245 e. The predicted molar refractivity (Wildman–Crippen MR) is 383 cm³/mol. The number of unbranched alkanes of at least 4 members (excludes halogenated alkanes) is 1. The molecule has 12 atom stereocenters. The van der Waals surface area contributed by atoms with Gasteiger partial charge in [0.1, 0.15) is 60.1 Å². The summed E-state index contributed by atoms with van der Waals surface area (Å²) in [6.07, 6.45) is 2.88. The smallest absolute Gasteiger partial charge is 0.245 e. The first-order chi connectivity index (χ1) is 47.9. The van der Waals surface area contributed by atoms with Gasteiger partial charge in [0.05, 0.1) is 12.6 Å². The Kier molecular flexibility index (Phi) is 38.0. The highest BCUT2D eigenvalue weighted by Crippen LogP contribution is 2.22. The Bertz CT molecular complexity index is 3110. The zero-order valence-corrected chi connectivity index (χ0v) is 59.2. The van der Waals surface area contributed by atoms with Crippen LogP contribution in [-0.4, -0.2) is 193 Å². The molecule has 28 N–H and O–H groups in total. The Hall–Kier alpha value is -9.86. The molecule has 34 nitrogen and oxygen atoms in total. The number of phenolic OH excluding ortho intramolecular Hbond substituents is 1. The average Bonchev–Trinajstić information content (AvgIpc) is 1.77. The first kappa shape index (κ1) is 85.4. The van der Waals surface area contributed by atoms with Crippen molar-refractivity contribution in [2.24, 2.45) is 84.3 Å². The summed E-state index contributed by atoms with van der Waals surface area (Å²) in [4.78, 5) is 169. The van der Waals surface area contributed by atoms with Crippen LogP contribution >= 0.6 is 0 Å². The summed E-state index contributed by atoms with van der Waals surface area (Å²) in [5.41, 5.74) is 52.4. The molecule has 0 aliphatic carbocycles. The molecule has 562 valence electrons. The molecule has 2 aromatic carbocycles. The topological polar surface area (TPSA) is 591 Å². The van der Waals surface area contributed by atoms with Crippen molar-refractivity contribution in [2.75, 3.05) is 39.3 Å². The van der Waals surface area contributed by atoms with Gasteiger partial charge in [-0.3, -0.25) is 67.7 Å². The van der Waals surface area contributed by atoms with Crippen LogP contribution < -0.4 is 99.5 Å². The molecule has 1 fully saturated rings. The Labute approximate surface area is 591 Å². The largest absolute Gasteiger partial charge is 0.508 e. The Morgan fingerprint density at radius 1 is 0.515 bits per heavy atom. The Morgan fingerprint density at radius 3 is 1.48 bits per heavy atom. The molecule has 11 amide bonds. The number of likely N-dealkylation sites (tertiary alicyclic amines) is 1. The summed E-state index contributed by atoms with van der Waals surface area (Å²) in [5, 5.41) is 34.2. The van der Waals surface area contributed by atoms with E-state index in [1.54, 1.807) is 84.0 Å². The Balaban J connectivity index is 1.98. The normalized spacial score (nSPS) is 15.9. The fourth-order valence-electron chi connectivity index (χ4n) is 11.1. The van der Waals surface area contributed by atoms with Gasteiger partial charge >= 0.3 is 0 Å². The van der Waals surface area contributed by atoms with Gasteiger partial charge in [-0.25, -0.2) is 0 Å². The third-order valence-electron chi connectivity index (χ3n) is 17.2. The van der Waals surface area contributed by atoms with E-state index in [1.807, 2.05) is 0 Å². The van der Waals surface area contributed by atoms with Gasteiger partial charge in [-0.1, -0.05) is 96.8 Å². The second-order valence-electron chi connectivity index (χ2n) is 25.9. The zero-order chi connectivity index (χ0) is 75.3. The molecule has 2 aromatic rings. The highest BCUT2D eigenvalue weighted by Gasteiger charge is 2.41. The predicted octanol–water partition coefficient (Wildman–Crippen LogP) is -3.60. The molecule has 1 aliphatic rings. The molecule has 0 radical (unpaired) electrons. The number of hydrogen-bond donors (Lipinski definition) is 19. The molecule has 0 bridgehead atoms. The summed E-state index contributed by atoms with van der Waals surface area (Å²) < 4.78 is 0. The van der Waals surface area contributed by atoms with Gasteiger partial charge in [0, 0.05) is 32.6 Å². The van der Waals surface area contributed by atoms with E-state index in [-0.39, 0.29) is 126 Å². The van der Waals surface area contributed by atoms with Gasteiger partial charge in [0.2, 0.25) is 65.0 Å². The van der Waals surface area contributed by atoms with Crippen LogP contribution in [0.25, 0.3) is 0 Å². The quantitative estimate of drug-likeness (QED) is 0.0173. The zero-order valence-electron chi connectivity index (χ0n) is 59.2. The van der Waals surface area contributed by atoms with E-state index in [2.05, 4.69) is 62.8 Å². The lowest BCUT2D eigenvalue weighted by Crippen LogP contribution is -2.61. The van der Waals surface area contributed by atoms with Gasteiger partial charge in [-0.05, 0) is 131 Å². The number of amides is 11. The number of hydrogen-bond acceptors (Lipinski definition) is 17. The molecule has 1 aliphatic heterocycles. The number of aromatic hydroxyl groups is 1. The first-order valence-corrected chi connectivity index (χ1v) is 34.6. The lowest BCUT2D eigenvalue weighted by Gasteiger charge is -2.32. The summed E-state index contributed by atoms with van der Waals surface area (Å²) in [5.74, 6) is -10.3. The molecule has 3 rings (SSSR count). The lowest BCUT2D eigenvalue weighted by molar-refractivity contribution is -0.142. The summed E-state index contributed by atoms with van der Waals surface area (Å²) in [6.45, 7) is 10.6. The lowest BCUT2D eigenvalue weighted by atomic mass is 9.96. The van der Waals surface area contributed by atoms with Gasteiger partial charge in [-0.15, -0.1) is 0 Å². The number of nitrogens with one attached hydrogen (secondary N) is 9. The Morgan fingerprint density at radius 2 is 0.970 bits per heavy atom.